The van der Waals surface area contributed by atoms with Crippen molar-refractivity contribution in [3.8, 4) is 0 Å². The second-order valence-electron chi connectivity index (χ2n) is 4.28. The molecule has 18 heavy (non-hydrogen) atoms. The molecule has 1 atom stereocenters. The molecule has 0 radical (unpaired) electrons. The summed E-state index contributed by atoms with van der Waals surface area (Å²) in [6.07, 6.45) is 0.326. The molecule has 0 saturated carbocycles. The van der Waals surface area contributed by atoms with Crippen LogP contribution in [0.1, 0.15) is 19.7 Å². The Hall–Kier alpha value is -1.00. The number of thioether (sulfide) groups is 1. The molecule has 0 saturated heterocycles. The summed E-state index contributed by atoms with van der Waals surface area (Å²) >= 11 is 1.77. The number of aromatic nitrogens is 2. The summed E-state index contributed by atoms with van der Waals surface area (Å²) in [5.74, 6) is 2.81. The lowest BCUT2D eigenvalue weighted by Crippen LogP contribution is -2.17. The maximum atomic E-state index is 10.0. The number of aliphatic hydroxyl groups excluding tert-OH is 1. The summed E-state index contributed by atoms with van der Waals surface area (Å²) in [4.78, 5) is 4.63. The zero-order chi connectivity index (χ0) is 13.0. The summed E-state index contributed by atoms with van der Waals surface area (Å²) in [5.41, 5.74) is 2.18. The standard InChI is InChI=1S/C14H20N2OS/c1-3-16-13-8-6-5-7-12(13)15-14(16)9-11(17)10-18-4-2/h5-8,11,17H,3-4,9-10H2,1-2H3. The van der Waals surface area contributed by atoms with E-state index in [0.717, 1.165) is 34.9 Å². The van der Waals surface area contributed by atoms with Crippen molar-refractivity contribution >= 4 is 22.8 Å². The fraction of sp³-hybridized carbons (Fsp3) is 0.500. The molecule has 0 amide bonds. The first-order chi connectivity index (χ1) is 8.76. The first kappa shape index (κ1) is 13.4. The van der Waals surface area contributed by atoms with Crippen LogP contribution >= 0.6 is 11.8 Å². The predicted molar refractivity (Wildman–Crippen MR) is 78.1 cm³/mol. The molecule has 0 aliphatic rings. The highest BCUT2D eigenvalue weighted by Gasteiger charge is 2.13. The zero-order valence-electron chi connectivity index (χ0n) is 11.0. The number of aliphatic hydroxyl groups is 1. The molecule has 1 N–H and O–H groups in total. The molecule has 2 aromatic rings. The van der Waals surface area contributed by atoms with Gasteiger partial charge in [0.25, 0.3) is 0 Å². The quantitative estimate of drug-likeness (QED) is 0.872. The van der Waals surface area contributed by atoms with Crippen LogP contribution in [0.15, 0.2) is 24.3 Å². The van der Waals surface area contributed by atoms with Crippen molar-refractivity contribution in [2.24, 2.45) is 0 Å². The van der Waals surface area contributed by atoms with Crippen molar-refractivity contribution in [1.29, 1.82) is 0 Å². The fourth-order valence-electron chi connectivity index (χ4n) is 2.16. The van der Waals surface area contributed by atoms with Gasteiger partial charge < -0.3 is 9.67 Å². The molecule has 1 aromatic carbocycles. The molecule has 0 fully saturated rings. The van der Waals surface area contributed by atoms with E-state index in [9.17, 15) is 5.11 Å². The van der Waals surface area contributed by atoms with Gasteiger partial charge in [-0.1, -0.05) is 19.1 Å². The number of aryl methyl sites for hydroxylation is 1. The Bertz CT molecular complexity index is 509. The summed E-state index contributed by atoms with van der Waals surface area (Å²) in [5, 5.41) is 10.0. The van der Waals surface area contributed by atoms with Crippen molar-refractivity contribution in [3.63, 3.8) is 0 Å². The van der Waals surface area contributed by atoms with Gasteiger partial charge in [-0.2, -0.15) is 11.8 Å². The van der Waals surface area contributed by atoms with Gasteiger partial charge in [-0.25, -0.2) is 4.98 Å². The molecule has 1 aromatic heterocycles. The van der Waals surface area contributed by atoms with E-state index in [2.05, 4.69) is 29.5 Å². The molecule has 0 aliphatic heterocycles. The van der Waals surface area contributed by atoms with E-state index < -0.39 is 0 Å². The number of benzene rings is 1. The Labute approximate surface area is 112 Å². The third-order valence-corrected chi connectivity index (χ3v) is 4.01. The van der Waals surface area contributed by atoms with Gasteiger partial charge in [0.05, 0.1) is 17.1 Å². The average molecular weight is 264 g/mol. The lowest BCUT2D eigenvalue weighted by Gasteiger charge is -2.10. The number of para-hydroxylation sites is 2. The van der Waals surface area contributed by atoms with Crippen molar-refractivity contribution in [1.82, 2.24) is 9.55 Å². The van der Waals surface area contributed by atoms with E-state index in [1.54, 1.807) is 11.8 Å². The molecule has 1 unspecified atom stereocenters. The van der Waals surface area contributed by atoms with E-state index in [-0.39, 0.29) is 6.10 Å². The lowest BCUT2D eigenvalue weighted by molar-refractivity contribution is 0.196. The van der Waals surface area contributed by atoms with E-state index in [4.69, 9.17) is 0 Å². The summed E-state index contributed by atoms with van der Waals surface area (Å²) in [6, 6.07) is 8.15. The third-order valence-electron chi connectivity index (χ3n) is 2.98. The van der Waals surface area contributed by atoms with Crippen molar-refractivity contribution in [3.05, 3.63) is 30.1 Å². The van der Waals surface area contributed by atoms with Gasteiger partial charge in [-0.05, 0) is 24.8 Å². The van der Waals surface area contributed by atoms with E-state index >= 15 is 0 Å². The van der Waals surface area contributed by atoms with Gasteiger partial charge in [0.15, 0.2) is 0 Å². The minimum absolute atomic E-state index is 0.308. The Balaban J connectivity index is 2.21. The topological polar surface area (TPSA) is 38.1 Å². The van der Waals surface area contributed by atoms with Gasteiger partial charge in [-0.3, -0.25) is 0 Å². The molecule has 98 valence electrons. The number of hydrogen-bond donors (Lipinski definition) is 1. The smallest absolute Gasteiger partial charge is 0.112 e. The number of imidazole rings is 1. The van der Waals surface area contributed by atoms with Gasteiger partial charge >= 0.3 is 0 Å². The Morgan fingerprint density at radius 1 is 1.33 bits per heavy atom. The maximum Gasteiger partial charge on any atom is 0.112 e. The van der Waals surface area contributed by atoms with Gasteiger partial charge in [0, 0.05) is 18.7 Å². The normalized spacial score (nSPS) is 13.1. The van der Waals surface area contributed by atoms with Crippen LogP contribution in [0.25, 0.3) is 11.0 Å². The monoisotopic (exact) mass is 264 g/mol. The number of rotatable bonds is 6. The summed E-state index contributed by atoms with van der Waals surface area (Å²) in [6.45, 7) is 5.12. The fourth-order valence-corrected chi connectivity index (χ4v) is 2.78. The summed E-state index contributed by atoms with van der Waals surface area (Å²) < 4.78 is 2.19. The van der Waals surface area contributed by atoms with Crippen LogP contribution in [0.4, 0.5) is 0 Å². The molecule has 0 bridgehead atoms. The molecule has 0 aliphatic carbocycles. The van der Waals surface area contributed by atoms with Crippen molar-refractivity contribution in [2.45, 2.75) is 32.9 Å². The van der Waals surface area contributed by atoms with E-state index in [1.165, 1.54) is 0 Å². The highest BCUT2D eigenvalue weighted by Crippen LogP contribution is 2.17. The second-order valence-corrected chi connectivity index (χ2v) is 5.60. The largest absolute Gasteiger partial charge is 0.392 e. The third kappa shape index (κ3) is 2.87. The second kappa shape index (κ2) is 6.25. The first-order valence-corrected chi connectivity index (χ1v) is 7.61. The van der Waals surface area contributed by atoms with Crippen LogP contribution < -0.4 is 0 Å². The molecule has 2 rings (SSSR count). The van der Waals surface area contributed by atoms with Crippen molar-refractivity contribution < 1.29 is 5.11 Å². The molecular weight excluding hydrogens is 244 g/mol. The van der Waals surface area contributed by atoms with Gasteiger partial charge in [0.1, 0.15) is 5.82 Å². The average Bonchev–Trinajstić information content (AvgIpc) is 2.73. The predicted octanol–water partition coefficient (Wildman–Crippen LogP) is 2.71. The first-order valence-electron chi connectivity index (χ1n) is 6.46. The Morgan fingerprint density at radius 2 is 2.11 bits per heavy atom. The molecular formula is C14H20N2OS. The minimum atomic E-state index is -0.308. The molecule has 1 heterocycles. The highest BCUT2D eigenvalue weighted by molar-refractivity contribution is 7.99. The SMILES string of the molecule is CCSCC(O)Cc1nc2ccccc2n1CC. The van der Waals surface area contributed by atoms with E-state index in [1.807, 2.05) is 18.2 Å². The number of fused-ring (bicyclic) bond motifs is 1. The van der Waals surface area contributed by atoms with Gasteiger partial charge in [-0.15, -0.1) is 0 Å². The minimum Gasteiger partial charge on any atom is -0.392 e. The molecule has 0 spiro atoms. The molecule has 4 heteroatoms. The maximum absolute atomic E-state index is 10.0. The van der Waals surface area contributed by atoms with Gasteiger partial charge in [0.2, 0.25) is 0 Å². The highest BCUT2D eigenvalue weighted by atomic mass is 32.2. The van der Waals surface area contributed by atoms with Crippen LogP contribution in [0.2, 0.25) is 0 Å². The lowest BCUT2D eigenvalue weighted by atomic mass is 10.2. The molecule has 3 nitrogen and oxygen atoms in total. The van der Waals surface area contributed by atoms with Crippen LogP contribution in [0, 0.1) is 0 Å². The van der Waals surface area contributed by atoms with E-state index in [0.29, 0.717) is 6.42 Å². The van der Waals surface area contributed by atoms with Crippen molar-refractivity contribution in [2.75, 3.05) is 11.5 Å². The Kier molecular flexibility index (Phi) is 4.66. The number of nitrogens with zero attached hydrogens (tertiary/aromatic N) is 2. The van der Waals surface area contributed by atoms with Crippen LogP contribution in [0.5, 0.6) is 0 Å². The van der Waals surface area contributed by atoms with Crippen LogP contribution in [0.3, 0.4) is 0 Å². The summed E-state index contributed by atoms with van der Waals surface area (Å²) in [7, 11) is 0. The van der Waals surface area contributed by atoms with Crippen LogP contribution in [-0.4, -0.2) is 32.3 Å². The Morgan fingerprint density at radius 3 is 2.83 bits per heavy atom. The van der Waals surface area contributed by atoms with Crippen LogP contribution in [-0.2, 0) is 13.0 Å². The zero-order valence-corrected chi connectivity index (χ0v) is 11.8. The number of hydrogen-bond acceptors (Lipinski definition) is 3.